The van der Waals surface area contributed by atoms with Crippen molar-refractivity contribution >= 4 is 5.69 Å². The van der Waals surface area contributed by atoms with Crippen molar-refractivity contribution in [1.82, 2.24) is 4.90 Å². The lowest BCUT2D eigenvalue weighted by atomic mass is 10.1. The third-order valence-electron chi connectivity index (χ3n) is 3.53. The van der Waals surface area contributed by atoms with Crippen LogP contribution in [-0.4, -0.2) is 23.2 Å². The SMILES string of the molecule is Nc1ccc(O)c(CN2CCOc3ccccc3C2)c1. The van der Waals surface area contributed by atoms with E-state index in [0.717, 1.165) is 24.4 Å². The van der Waals surface area contributed by atoms with Gasteiger partial charge in [-0.2, -0.15) is 0 Å². The molecule has 1 aliphatic rings. The molecule has 0 radical (unpaired) electrons. The molecule has 1 aliphatic heterocycles. The number of anilines is 1. The maximum absolute atomic E-state index is 9.92. The van der Waals surface area contributed by atoms with Crippen LogP contribution in [0.2, 0.25) is 0 Å². The molecule has 1 heterocycles. The number of nitrogens with zero attached hydrogens (tertiary/aromatic N) is 1. The van der Waals surface area contributed by atoms with Gasteiger partial charge in [0, 0.05) is 36.4 Å². The maximum Gasteiger partial charge on any atom is 0.123 e. The molecular weight excluding hydrogens is 252 g/mol. The van der Waals surface area contributed by atoms with E-state index < -0.39 is 0 Å². The minimum Gasteiger partial charge on any atom is -0.508 e. The molecule has 0 aromatic heterocycles. The largest absolute Gasteiger partial charge is 0.508 e. The Hall–Kier alpha value is -2.20. The number of phenolic OH excluding ortho intramolecular Hbond substituents is 1. The van der Waals surface area contributed by atoms with Crippen molar-refractivity contribution in [3.05, 3.63) is 53.6 Å². The molecule has 0 amide bonds. The molecule has 3 N–H and O–H groups in total. The number of hydrogen-bond donors (Lipinski definition) is 2. The summed E-state index contributed by atoms with van der Waals surface area (Å²) < 4.78 is 5.74. The Morgan fingerprint density at radius 1 is 1.20 bits per heavy atom. The molecule has 4 nitrogen and oxygen atoms in total. The van der Waals surface area contributed by atoms with Crippen LogP contribution in [0, 0.1) is 0 Å². The quantitative estimate of drug-likeness (QED) is 0.649. The van der Waals surface area contributed by atoms with Gasteiger partial charge in [0.2, 0.25) is 0 Å². The third-order valence-corrected chi connectivity index (χ3v) is 3.53. The first kappa shape index (κ1) is 12.8. The van der Waals surface area contributed by atoms with Crippen LogP contribution in [0.15, 0.2) is 42.5 Å². The fourth-order valence-corrected chi connectivity index (χ4v) is 2.49. The molecule has 0 aliphatic carbocycles. The molecule has 0 bridgehead atoms. The number of aromatic hydroxyl groups is 1. The van der Waals surface area contributed by atoms with Gasteiger partial charge in [-0.3, -0.25) is 4.90 Å². The van der Waals surface area contributed by atoms with Crippen LogP contribution in [0.4, 0.5) is 5.69 Å². The summed E-state index contributed by atoms with van der Waals surface area (Å²) in [5, 5.41) is 9.92. The Labute approximate surface area is 118 Å². The van der Waals surface area contributed by atoms with Gasteiger partial charge in [0.25, 0.3) is 0 Å². The van der Waals surface area contributed by atoms with Crippen LogP contribution in [0.3, 0.4) is 0 Å². The fourth-order valence-electron chi connectivity index (χ4n) is 2.49. The van der Waals surface area contributed by atoms with Gasteiger partial charge in [0.1, 0.15) is 18.1 Å². The smallest absolute Gasteiger partial charge is 0.123 e. The molecular formula is C16H18N2O2. The molecule has 0 unspecified atom stereocenters. The number of nitrogens with two attached hydrogens (primary N) is 1. The van der Waals surface area contributed by atoms with Gasteiger partial charge in [-0.1, -0.05) is 18.2 Å². The Kier molecular flexibility index (Phi) is 3.48. The zero-order chi connectivity index (χ0) is 13.9. The fraction of sp³-hybridized carbons (Fsp3) is 0.250. The van der Waals surface area contributed by atoms with E-state index in [1.807, 2.05) is 24.3 Å². The van der Waals surface area contributed by atoms with Gasteiger partial charge in [0.15, 0.2) is 0 Å². The number of ether oxygens (including phenoxy) is 1. The Morgan fingerprint density at radius 3 is 2.95 bits per heavy atom. The number of para-hydroxylation sites is 1. The van der Waals surface area contributed by atoms with E-state index in [0.29, 0.717) is 18.8 Å². The number of hydrogen-bond acceptors (Lipinski definition) is 4. The molecule has 20 heavy (non-hydrogen) atoms. The Balaban J connectivity index is 1.80. The summed E-state index contributed by atoms with van der Waals surface area (Å²) in [6.45, 7) is 2.95. The minimum atomic E-state index is 0.289. The first-order chi connectivity index (χ1) is 9.72. The summed E-state index contributed by atoms with van der Waals surface area (Å²) in [6, 6.07) is 13.3. The zero-order valence-corrected chi connectivity index (χ0v) is 11.2. The van der Waals surface area contributed by atoms with Gasteiger partial charge in [-0.15, -0.1) is 0 Å². The second-order valence-corrected chi connectivity index (χ2v) is 5.05. The van der Waals surface area contributed by atoms with Crippen molar-refractivity contribution in [2.24, 2.45) is 0 Å². The van der Waals surface area contributed by atoms with Gasteiger partial charge in [-0.25, -0.2) is 0 Å². The molecule has 4 heteroatoms. The molecule has 104 valence electrons. The highest BCUT2D eigenvalue weighted by Crippen LogP contribution is 2.26. The average Bonchev–Trinajstić information content (AvgIpc) is 2.64. The molecule has 3 rings (SSSR count). The zero-order valence-electron chi connectivity index (χ0n) is 11.2. The number of fused-ring (bicyclic) bond motifs is 1. The summed E-state index contributed by atoms with van der Waals surface area (Å²) in [5.74, 6) is 1.24. The first-order valence-corrected chi connectivity index (χ1v) is 6.73. The number of phenols is 1. The van der Waals surface area contributed by atoms with E-state index >= 15 is 0 Å². The summed E-state index contributed by atoms with van der Waals surface area (Å²) in [7, 11) is 0. The highest BCUT2D eigenvalue weighted by Gasteiger charge is 2.16. The predicted octanol–water partition coefficient (Wildman–Crippen LogP) is 2.37. The van der Waals surface area contributed by atoms with E-state index in [-0.39, 0.29) is 5.75 Å². The summed E-state index contributed by atoms with van der Waals surface area (Å²) in [6.07, 6.45) is 0. The number of nitrogen functional groups attached to an aromatic ring is 1. The van der Waals surface area contributed by atoms with E-state index in [9.17, 15) is 5.11 Å². The highest BCUT2D eigenvalue weighted by atomic mass is 16.5. The van der Waals surface area contributed by atoms with Crippen LogP contribution < -0.4 is 10.5 Å². The monoisotopic (exact) mass is 270 g/mol. The highest BCUT2D eigenvalue weighted by molar-refractivity contribution is 5.47. The van der Waals surface area contributed by atoms with E-state index in [1.54, 1.807) is 12.1 Å². The standard InChI is InChI=1S/C16H18N2O2/c17-14-5-6-15(19)13(9-14)11-18-7-8-20-16-4-2-1-3-12(16)10-18/h1-6,9,19H,7-8,10-11,17H2. The molecule has 0 saturated carbocycles. The number of benzene rings is 2. The maximum atomic E-state index is 9.92. The van der Waals surface area contributed by atoms with Gasteiger partial charge in [0.05, 0.1) is 0 Å². The average molecular weight is 270 g/mol. The lowest BCUT2D eigenvalue weighted by molar-refractivity contribution is 0.218. The summed E-state index contributed by atoms with van der Waals surface area (Å²) in [5.41, 5.74) is 8.48. The molecule has 2 aromatic rings. The normalized spacial score (nSPS) is 15.2. The van der Waals surface area contributed by atoms with Crippen molar-refractivity contribution < 1.29 is 9.84 Å². The van der Waals surface area contributed by atoms with E-state index in [4.69, 9.17) is 10.5 Å². The van der Waals surface area contributed by atoms with Crippen LogP contribution >= 0.6 is 0 Å². The second-order valence-electron chi connectivity index (χ2n) is 5.05. The van der Waals surface area contributed by atoms with Crippen LogP contribution in [0.25, 0.3) is 0 Å². The lowest BCUT2D eigenvalue weighted by Gasteiger charge is -2.20. The van der Waals surface area contributed by atoms with Gasteiger partial charge in [-0.05, 0) is 24.3 Å². The van der Waals surface area contributed by atoms with E-state index in [2.05, 4.69) is 11.0 Å². The minimum absolute atomic E-state index is 0.289. The summed E-state index contributed by atoms with van der Waals surface area (Å²) >= 11 is 0. The Morgan fingerprint density at radius 2 is 2.05 bits per heavy atom. The van der Waals surface area contributed by atoms with Gasteiger partial charge >= 0.3 is 0 Å². The van der Waals surface area contributed by atoms with E-state index in [1.165, 1.54) is 5.56 Å². The molecule has 0 spiro atoms. The van der Waals surface area contributed by atoms with Crippen molar-refractivity contribution in [2.45, 2.75) is 13.1 Å². The van der Waals surface area contributed by atoms with Crippen molar-refractivity contribution in [1.29, 1.82) is 0 Å². The first-order valence-electron chi connectivity index (χ1n) is 6.73. The molecule has 0 atom stereocenters. The van der Waals surface area contributed by atoms with Crippen LogP contribution in [-0.2, 0) is 13.1 Å². The molecule has 2 aromatic carbocycles. The second kappa shape index (κ2) is 5.43. The van der Waals surface area contributed by atoms with Crippen molar-refractivity contribution in [3.63, 3.8) is 0 Å². The Bertz CT molecular complexity index is 613. The van der Waals surface area contributed by atoms with Crippen molar-refractivity contribution in [3.8, 4) is 11.5 Å². The molecule has 0 fully saturated rings. The lowest BCUT2D eigenvalue weighted by Crippen LogP contribution is -2.25. The van der Waals surface area contributed by atoms with Crippen LogP contribution in [0.5, 0.6) is 11.5 Å². The van der Waals surface area contributed by atoms with Gasteiger partial charge < -0.3 is 15.6 Å². The molecule has 0 saturated heterocycles. The summed E-state index contributed by atoms with van der Waals surface area (Å²) in [4.78, 5) is 2.25. The number of rotatable bonds is 2. The topological polar surface area (TPSA) is 58.7 Å². The third kappa shape index (κ3) is 2.70. The predicted molar refractivity (Wildman–Crippen MR) is 78.6 cm³/mol. The van der Waals surface area contributed by atoms with Crippen LogP contribution in [0.1, 0.15) is 11.1 Å². The van der Waals surface area contributed by atoms with Crippen molar-refractivity contribution in [2.75, 3.05) is 18.9 Å².